The second kappa shape index (κ2) is 6.99. The van der Waals surface area contributed by atoms with Gasteiger partial charge in [0.2, 0.25) is 0 Å². The molecule has 1 aromatic rings. The fraction of sp³-hybridized carbons (Fsp3) is 0.500. The number of ether oxygens (including phenoxy) is 1. The largest absolute Gasteiger partial charge is 0.441 e. The highest BCUT2D eigenvalue weighted by Crippen LogP contribution is 2.36. The lowest BCUT2D eigenvalue weighted by atomic mass is 10.2. The molecule has 10 heteroatoms. The Morgan fingerprint density at radius 3 is 2.73 bits per heavy atom. The van der Waals surface area contributed by atoms with Gasteiger partial charge >= 0.3 is 0 Å². The van der Waals surface area contributed by atoms with E-state index in [0.29, 0.717) is 34.6 Å². The molecular weight excluding hydrogens is 396 g/mol. The van der Waals surface area contributed by atoms with Crippen LogP contribution in [-0.2, 0) is 19.4 Å². The lowest BCUT2D eigenvalue weighted by Gasteiger charge is -2.26. The summed E-state index contributed by atoms with van der Waals surface area (Å²) in [5.41, 5.74) is 0. The number of nitrogens with zero attached hydrogens (tertiary/aromatic N) is 2. The maximum absolute atomic E-state index is 12.7. The van der Waals surface area contributed by atoms with Crippen molar-refractivity contribution in [1.82, 2.24) is 4.90 Å². The molecule has 4 rings (SSSR count). The van der Waals surface area contributed by atoms with Crippen LogP contribution in [0.1, 0.15) is 12.2 Å². The Morgan fingerprint density at radius 2 is 2.04 bits per heavy atom. The van der Waals surface area contributed by atoms with Gasteiger partial charge in [-0.1, -0.05) is 24.0 Å². The first kappa shape index (κ1) is 18.0. The second-order valence-electron chi connectivity index (χ2n) is 6.38. The number of sulfone groups is 1. The average molecular weight is 415 g/mol. The molecule has 3 fully saturated rings. The van der Waals surface area contributed by atoms with E-state index in [-0.39, 0.29) is 23.5 Å². The number of amides is 1. The fourth-order valence-corrected chi connectivity index (χ4v) is 6.36. The first-order valence-corrected chi connectivity index (χ1v) is 11.4. The summed E-state index contributed by atoms with van der Waals surface area (Å²) in [6, 6.07) is 3.33. The third kappa shape index (κ3) is 3.55. The molecule has 26 heavy (non-hydrogen) atoms. The van der Waals surface area contributed by atoms with E-state index >= 15 is 0 Å². The summed E-state index contributed by atoms with van der Waals surface area (Å²) in [4.78, 5) is 16.7. The Hall–Kier alpha value is -1.36. The number of thiocarbonyl (C=S) groups is 1. The zero-order chi connectivity index (χ0) is 18.3. The van der Waals surface area contributed by atoms with Gasteiger partial charge in [-0.2, -0.15) is 0 Å². The number of carbonyl (C=O) groups excluding carboxylic acids is 1. The van der Waals surface area contributed by atoms with Crippen molar-refractivity contribution in [2.24, 2.45) is 0 Å². The summed E-state index contributed by atoms with van der Waals surface area (Å²) in [5.74, 6) is 1.16. The molecule has 0 saturated carbocycles. The first-order chi connectivity index (χ1) is 12.4. The number of hydrogen-bond donors (Lipinski definition) is 0. The van der Waals surface area contributed by atoms with Crippen molar-refractivity contribution in [3.05, 3.63) is 22.8 Å². The smallest absolute Gasteiger partial charge is 0.266 e. The van der Waals surface area contributed by atoms with Gasteiger partial charge in [-0.15, -0.1) is 0 Å². The molecule has 1 atom stereocenters. The van der Waals surface area contributed by atoms with Crippen molar-refractivity contribution in [1.29, 1.82) is 0 Å². The van der Waals surface area contributed by atoms with Crippen LogP contribution in [0.25, 0.3) is 6.08 Å². The van der Waals surface area contributed by atoms with Crippen LogP contribution in [0.15, 0.2) is 21.5 Å². The lowest BCUT2D eigenvalue weighted by molar-refractivity contribution is -0.123. The second-order valence-corrected chi connectivity index (χ2v) is 10.3. The van der Waals surface area contributed by atoms with Gasteiger partial charge < -0.3 is 14.1 Å². The van der Waals surface area contributed by atoms with Crippen molar-refractivity contribution in [2.75, 3.05) is 42.7 Å². The van der Waals surface area contributed by atoms with E-state index in [0.717, 1.165) is 19.0 Å². The van der Waals surface area contributed by atoms with Gasteiger partial charge in [0.15, 0.2) is 15.7 Å². The molecule has 0 aromatic carbocycles. The van der Waals surface area contributed by atoms with E-state index in [2.05, 4.69) is 4.90 Å². The van der Waals surface area contributed by atoms with E-state index < -0.39 is 9.84 Å². The van der Waals surface area contributed by atoms with Crippen LogP contribution in [0.2, 0.25) is 0 Å². The van der Waals surface area contributed by atoms with Crippen molar-refractivity contribution < 1.29 is 22.4 Å². The Morgan fingerprint density at radius 1 is 1.27 bits per heavy atom. The van der Waals surface area contributed by atoms with Gasteiger partial charge in [-0.05, 0) is 12.5 Å². The number of anilines is 1. The minimum Gasteiger partial charge on any atom is -0.441 e. The molecule has 3 aliphatic heterocycles. The molecule has 4 heterocycles. The van der Waals surface area contributed by atoms with Crippen LogP contribution in [-0.4, -0.2) is 67.4 Å². The number of hydrogen-bond acceptors (Lipinski definition) is 8. The Kier molecular flexibility index (Phi) is 4.84. The summed E-state index contributed by atoms with van der Waals surface area (Å²) < 4.78 is 35.0. The van der Waals surface area contributed by atoms with Gasteiger partial charge in [0, 0.05) is 25.2 Å². The lowest BCUT2D eigenvalue weighted by Crippen LogP contribution is -2.39. The van der Waals surface area contributed by atoms with E-state index in [9.17, 15) is 13.2 Å². The van der Waals surface area contributed by atoms with E-state index in [4.69, 9.17) is 21.4 Å². The summed E-state index contributed by atoms with van der Waals surface area (Å²) >= 11 is 6.50. The molecular formula is C16H18N2O5S3. The number of morpholine rings is 1. The number of carbonyl (C=O) groups is 1. The molecule has 3 aliphatic rings. The topological polar surface area (TPSA) is 80.1 Å². The Labute approximate surface area is 161 Å². The van der Waals surface area contributed by atoms with Crippen LogP contribution in [0, 0.1) is 0 Å². The molecule has 0 unspecified atom stereocenters. The highest BCUT2D eigenvalue weighted by molar-refractivity contribution is 8.26. The predicted octanol–water partition coefficient (Wildman–Crippen LogP) is 1.50. The average Bonchev–Trinajstić information content (AvgIpc) is 3.28. The zero-order valence-corrected chi connectivity index (χ0v) is 16.4. The zero-order valence-electron chi connectivity index (χ0n) is 13.9. The third-order valence-corrected chi connectivity index (χ3v) is 7.69. The van der Waals surface area contributed by atoms with Crippen LogP contribution >= 0.6 is 24.0 Å². The number of thioether (sulfide) groups is 1. The number of furan rings is 1. The Bertz CT molecular complexity index is 870. The minimum absolute atomic E-state index is 0.0192. The van der Waals surface area contributed by atoms with E-state index in [1.807, 2.05) is 12.1 Å². The summed E-state index contributed by atoms with van der Waals surface area (Å²) in [7, 11) is -3.08. The number of rotatable bonds is 3. The van der Waals surface area contributed by atoms with Crippen molar-refractivity contribution in [3.8, 4) is 0 Å². The van der Waals surface area contributed by atoms with Crippen LogP contribution in [0.3, 0.4) is 0 Å². The van der Waals surface area contributed by atoms with E-state index in [1.165, 1.54) is 16.7 Å². The molecule has 3 saturated heterocycles. The van der Waals surface area contributed by atoms with Crippen LogP contribution in [0.4, 0.5) is 5.88 Å². The molecule has 0 N–H and O–H groups in total. The highest BCUT2D eigenvalue weighted by atomic mass is 32.2. The Balaban J connectivity index is 1.50. The molecule has 140 valence electrons. The monoisotopic (exact) mass is 414 g/mol. The molecule has 0 radical (unpaired) electrons. The van der Waals surface area contributed by atoms with Crippen LogP contribution < -0.4 is 4.90 Å². The maximum Gasteiger partial charge on any atom is 0.266 e. The summed E-state index contributed by atoms with van der Waals surface area (Å²) in [6.07, 6.45) is 2.11. The molecule has 7 nitrogen and oxygen atoms in total. The molecule has 0 aliphatic carbocycles. The van der Waals surface area contributed by atoms with Crippen molar-refractivity contribution in [2.45, 2.75) is 12.5 Å². The summed E-state index contributed by atoms with van der Waals surface area (Å²) in [5, 5.41) is 0. The minimum atomic E-state index is -3.08. The molecule has 0 spiro atoms. The van der Waals surface area contributed by atoms with Gasteiger partial charge in [0.1, 0.15) is 10.1 Å². The van der Waals surface area contributed by atoms with Gasteiger partial charge in [0.25, 0.3) is 5.91 Å². The fourth-order valence-electron chi connectivity index (χ4n) is 3.28. The van der Waals surface area contributed by atoms with Gasteiger partial charge in [-0.25, -0.2) is 8.42 Å². The summed E-state index contributed by atoms with van der Waals surface area (Å²) in [6.45, 7) is 2.87. The predicted molar refractivity (Wildman–Crippen MR) is 104 cm³/mol. The molecule has 1 amide bonds. The van der Waals surface area contributed by atoms with Gasteiger partial charge in [0.05, 0.1) is 35.7 Å². The van der Waals surface area contributed by atoms with Crippen molar-refractivity contribution >= 4 is 56.0 Å². The first-order valence-electron chi connectivity index (χ1n) is 8.33. The normalized spacial score (nSPS) is 27.7. The van der Waals surface area contributed by atoms with Gasteiger partial charge in [-0.3, -0.25) is 9.69 Å². The SMILES string of the molecule is O=C1/C(=C/c2ccc(N3CCOCC3)o2)SC(=S)N1[C@@H]1CCS(=O)(=O)C1. The maximum atomic E-state index is 12.7. The quantitative estimate of drug-likeness (QED) is 0.544. The van der Waals surface area contributed by atoms with Crippen molar-refractivity contribution in [3.63, 3.8) is 0 Å². The third-order valence-electron chi connectivity index (χ3n) is 4.61. The molecule has 1 aromatic heterocycles. The highest BCUT2D eigenvalue weighted by Gasteiger charge is 2.42. The molecule has 0 bridgehead atoms. The van der Waals surface area contributed by atoms with Crippen LogP contribution in [0.5, 0.6) is 0 Å². The van der Waals surface area contributed by atoms with E-state index in [1.54, 1.807) is 6.08 Å². The standard InChI is InChI=1S/C16H18N2O5S3/c19-15-13(25-16(24)18(15)11-3-8-26(20,21)10-11)9-12-1-2-14(23-12)17-4-6-22-7-5-17/h1-2,9,11H,3-8,10H2/b13-9-/t11-/m1/s1.